The molecule has 2 aromatic rings. The molecule has 2 atom stereocenters. The van der Waals surface area contributed by atoms with Gasteiger partial charge < -0.3 is 14.7 Å². The summed E-state index contributed by atoms with van der Waals surface area (Å²) in [6.45, 7) is 6.23. The van der Waals surface area contributed by atoms with Gasteiger partial charge in [0.1, 0.15) is 17.9 Å². The Balaban J connectivity index is 1.94. The van der Waals surface area contributed by atoms with Crippen LogP contribution in [0, 0.1) is 17.0 Å². The first-order valence-corrected chi connectivity index (χ1v) is 9.78. The molecular formula is C20H23N3O4S. The number of esters is 1. The summed E-state index contributed by atoms with van der Waals surface area (Å²) in [6.07, 6.45) is 1.47. The molecule has 1 fully saturated rings. The van der Waals surface area contributed by atoms with Crippen LogP contribution in [0.25, 0.3) is 10.2 Å². The fourth-order valence-electron chi connectivity index (χ4n) is 3.08. The molecule has 0 saturated carbocycles. The third kappa shape index (κ3) is 4.03. The van der Waals surface area contributed by atoms with Crippen LogP contribution in [0.5, 0.6) is 5.75 Å². The van der Waals surface area contributed by atoms with Crippen LogP contribution >= 0.6 is 11.3 Å². The first kappa shape index (κ1) is 20.3. The highest BCUT2D eigenvalue weighted by Crippen LogP contribution is 2.40. The molecule has 7 nitrogen and oxygen atoms in total. The van der Waals surface area contributed by atoms with Crippen LogP contribution in [0.2, 0.25) is 0 Å². The molecule has 1 saturated heterocycles. The minimum absolute atomic E-state index is 0.121. The lowest BCUT2D eigenvalue weighted by atomic mass is 10.3. The number of fused-ring (bicyclic) bond motifs is 1. The molecule has 0 amide bonds. The van der Waals surface area contributed by atoms with Gasteiger partial charge >= 0.3 is 5.97 Å². The number of carbonyl (C=O) groups is 1. The van der Waals surface area contributed by atoms with Crippen molar-refractivity contribution < 1.29 is 14.3 Å². The van der Waals surface area contributed by atoms with E-state index in [0.29, 0.717) is 35.9 Å². The quantitative estimate of drug-likeness (QED) is 0.233. The van der Waals surface area contributed by atoms with Crippen LogP contribution in [0.15, 0.2) is 30.9 Å². The number of hydrogen-bond donors (Lipinski definition) is 0. The molecular weight excluding hydrogens is 378 g/mol. The average molecular weight is 401 g/mol. The van der Waals surface area contributed by atoms with Crippen molar-refractivity contribution in [3.63, 3.8) is 0 Å². The van der Waals surface area contributed by atoms with E-state index in [0.717, 1.165) is 4.70 Å². The number of hydroxylamine groups is 2. The highest BCUT2D eigenvalue weighted by atomic mass is 32.1. The Kier molecular flexibility index (Phi) is 6.31. The zero-order chi connectivity index (χ0) is 20.1. The summed E-state index contributed by atoms with van der Waals surface area (Å²) in [6, 6.07) is 5.56. The number of benzene rings is 1. The van der Waals surface area contributed by atoms with Gasteiger partial charge in [-0.05, 0) is 25.5 Å². The Morgan fingerprint density at radius 1 is 1.57 bits per heavy atom. The summed E-state index contributed by atoms with van der Waals surface area (Å²) in [5.41, 5.74) is 0.641. The van der Waals surface area contributed by atoms with Gasteiger partial charge in [-0.25, -0.2) is 4.90 Å². The molecule has 1 aromatic carbocycles. The van der Waals surface area contributed by atoms with Crippen molar-refractivity contribution in [1.82, 2.24) is 14.5 Å². The highest BCUT2D eigenvalue weighted by molar-refractivity contribution is 7.22. The minimum Gasteiger partial charge on any atom is -0.622 e. The van der Waals surface area contributed by atoms with Crippen molar-refractivity contribution in [2.75, 3.05) is 26.9 Å². The van der Waals surface area contributed by atoms with Gasteiger partial charge in [0.05, 0.1) is 24.9 Å². The number of aromatic nitrogens is 1. The number of thiazole rings is 1. The molecule has 1 aromatic heterocycles. The molecule has 0 aliphatic carbocycles. The Labute approximate surface area is 168 Å². The molecule has 0 radical (unpaired) electrons. The zero-order valence-electron chi connectivity index (χ0n) is 16.0. The molecule has 3 rings (SSSR count). The topological polar surface area (TPSA) is 74.7 Å². The predicted molar refractivity (Wildman–Crippen MR) is 111 cm³/mol. The Bertz CT molecular complexity index is 932. The fraction of sp³-hybridized carbons (Fsp3) is 0.400. The lowest BCUT2D eigenvalue weighted by Gasteiger charge is -2.38. The maximum atomic E-state index is 13.8. The number of allylic oxidation sites excluding steroid dienone is 1. The number of para-hydroxylation sites is 1. The number of carbonyl (C=O) groups excluding carboxylic acids is 1. The molecule has 0 N–H and O–H groups in total. The summed E-state index contributed by atoms with van der Waals surface area (Å²) in [5, 5.41) is 14.2. The molecule has 0 spiro atoms. The number of nitrogens with zero attached hydrogens (tertiary/aromatic N) is 3. The summed E-state index contributed by atoms with van der Waals surface area (Å²) in [7, 11) is 1.57. The minimum atomic E-state index is -0.887. The van der Waals surface area contributed by atoms with Crippen LogP contribution in [-0.2, 0) is 9.53 Å². The lowest BCUT2D eigenvalue weighted by Crippen LogP contribution is -2.50. The summed E-state index contributed by atoms with van der Waals surface area (Å²) in [5.74, 6) is 6.00. The summed E-state index contributed by atoms with van der Waals surface area (Å²) in [4.78, 5) is 18.6. The van der Waals surface area contributed by atoms with E-state index in [1.165, 1.54) is 11.3 Å². The summed E-state index contributed by atoms with van der Waals surface area (Å²) < 4.78 is 10.9. The maximum Gasteiger partial charge on any atom is 0.310 e. The van der Waals surface area contributed by atoms with Crippen LogP contribution in [-0.4, -0.2) is 48.9 Å². The van der Waals surface area contributed by atoms with Crippen LogP contribution < -0.4 is 9.38 Å². The highest BCUT2D eigenvalue weighted by Gasteiger charge is 2.46. The number of rotatable bonds is 7. The Hall–Kier alpha value is -2.44. The second-order valence-corrected chi connectivity index (χ2v) is 7.46. The second kappa shape index (κ2) is 8.71. The molecule has 0 bridgehead atoms. The molecule has 8 heteroatoms. The van der Waals surface area contributed by atoms with Crippen LogP contribution in [0.1, 0.15) is 19.8 Å². The van der Waals surface area contributed by atoms with E-state index in [1.807, 2.05) is 17.0 Å². The average Bonchev–Trinajstić information content (AvgIpc) is 3.27. The third-order valence-corrected chi connectivity index (χ3v) is 5.64. The van der Waals surface area contributed by atoms with Gasteiger partial charge in [0.15, 0.2) is 0 Å². The maximum absolute atomic E-state index is 13.8. The van der Waals surface area contributed by atoms with Crippen molar-refractivity contribution in [1.29, 1.82) is 0 Å². The van der Waals surface area contributed by atoms with Gasteiger partial charge in [-0.2, -0.15) is 4.98 Å². The number of quaternary nitrogens is 1. The van der Waals surface area contributed by atoms with E-state index < -0.39 is 16.8 Å². The molecule has 2 unspecified atom stereocenters. The van der Waals surface area contributed by atoms with Gasteiger partial charge in [0.25, 0.3) is 11.4 Å². The molecule has 2 heterocycles. The first-order chi connectivity index (χ1) is 13.5. The van der Waals surface area contributed by atoms with E-state index in [9.17, 15) is 10.0 Å². The normalized spacial score (nSPS) is 21.9. The number of methoxy groups -OCH3 is 1. The SMILES string of the molecule is C=CCCC(=O)OC1CN(CC#CC)C[N+]1([O-])c1nc2c(OC)cccc2s1. The van der Waals surface area contributed by atoms with Crippen molar-refractivity contribution in [2.24, 2.45) is 0 Å². The fourth-order valence-corrected chi connectivity index (χ4v) is 4.13. The van der Waals surface area contributed by atoms with Gasteiger partial charge in [-0.3, -0.25) is 9.44 Å². The van der Waals surface area contributed by atoms with Crippen molar-refractivity contribution in [3.05, 3.63) is 36.1 Å². The number of hydrogen-bond acceptors (Lipinski definition) is 7. The summed E-state index contributed by atoms with van der Waals surface area (Å²) >= 11 is 1.30. The van der Waals surface area contributed by atoms with Crippen LogP contribution in [0.4, 0.5) is 5.13 Å². The molecule has 148 valence electrons. The van der Waals surface area contributed by atoms with E-state index in [1.54, 1.807) is 26.2 Å². The smallest absolute Gasteiger partial charge is 0.310 e. The predicted octanol–water partition coefficient (Wildman–Crippen LogP) is 3.24. The van der Waals surface area contributed by atoms with Crippen LogP contribution in [0.3, 0.4) is 0 Å². The Morgan fingerprint density at radius 2 is 2.39 bits per heavy atom. The molecule has 1 aliphatic heterocycles. The van der Waals surface area contributed by atoms with Gasteiger partial charge in [0.2, 0.25) is 0 Å². The van der Waals surface area contributed by atoms with Gasteiger partial charge in [0, 0.05) is 6.42 Å². The van der Waals surface area contributed by atoms with E-state index in [4.69, 9.17) is 9.47 Å². The Morgan fingerprint density at radius 3 is 3.11 bits per heavy atom. The standard InChI is InChI=1S/C20H23N3O4S/c1-4-6-11-18(24)27-17-13-22(12-7-5-2)14-23(17,25)20-21-19-15(26-3)9-8-10-16(19)28-20/h4,8-10,17H,1,6,11-14H2,2-3H3. The van der Waals surface area contributed by atoms with Crippen molar-refractivity contribution in [2.45, 2.75) is 26.0 Å². The molecule has 28 heavy (non-hydrogen) atoms. The van der Waals surface area contributed by atoms with Crippen molar-refractivity contribution in [3.8, 4) is 17.6 Å². The van der Waals surface area contributed by atoms with Gasteiger partial charge in [-0.1, -0.05) is 29.4 Å². The monoisotopic (exact) mass is 401 g/mol. The number of ether oxygens (including phenoxy) is 2. The molecule has 1 aliphatic rings. The zero-order valence-corrected chi connectivity index (χ0v) is 16.8. The second-order valence-electron chi connectivity index (χ2n) is 6.45. The van der Waals surface area contributed by atoms with Gasteiger partial charge in [-0.15, -0.1) is 12.5 Å². The van der Waals surface area contributed by atoms with E-state index in [2.05, 4.69) is 23.4 Å². The third-order valence-electron chi connectivity index (χ3n) is 4.50. The van der Waals surface area contributed by atoms with E-state index >= 15 is 0 Å². The largest absolute Gasteiger partial charge is 0.622 e. The van der Waals surface area contributed by atoms with Crippen molar-refractivity contribution >= 4 is 32.7 Å². The first-order valence-electron chi connectivity index (χ1n) is 8.97. The lowest BCUT2D eigenvalue weighted by molar-refractivity contribution is -0.153. The van der Waals surface area contributed by atoms with E-state index in [-0.39, 0.29) is 13.1 Å².